The minimum atomic E-state index is -1.81. The van der Waals surface area contributed by atoms with Crippen LogP contribution in [-0.4, -0.2) is 23.1 Å². The standard InChI is InChI=1S/C13H10BF2NO3/c15-9-2-1-3-10(7-9)17-13(18)11-6-8(14(19)20)4-5-12(11)16/h1-7,19-20H,(H,17,18). The normalized spacial score (nSPS) is 10.2. The molecule has 0 spiro atoms. The molecule has 0 aromatic heterocycles. The zero-order valence-electron chi connectivity index (χ0n) is 10.2. The summed E-state index contributed by atoms with van der Waals surface area (Å²) in [6, 6.07) is 8.27. The van der Waals surface area contributed by atoms with Crippen LogP contribution in [0.4, 0.5) is 14.5 Å². The predicted molar refractivity (Wildman–Crippen MR) is 70.6 cm³/mol. The molecule has 1 amide bonds. The lowest BCUT2D eigenvalue weighted by atomic mass is 9.79. The highest BCUT2D eigenvalue weighted by molar-refractivity contribution is 6.58. The van der Waals surface area contributed by atoms with Gasteiger partial charge in [-0.3, -0.25) is 4.79 Å². The highest BCUT2D eigenvalue weighted by Crippen LogP contribution is 2.12. The van der Waals surface area contributed by atoms with Crippen LogP contribution in [0.2, 0.25) is 0 Å². The van der Waals surface area contributed by atoms with Crippen LogP contribution >= 0.6 is 0 Å². The first kappa shape index (κ1) is 14.2. The maximum atomic E-state index is 13.6. The Morgan fingerprint density at radius 3 is 2.50 bits per heavy atom. The van der Waals surface area contributed by atoms with Crippen molar-refractivity contribution in [3.8, 4) is 0 Å². The zero-order chi connectivity index (χ0) is 14.7. The summed E-state index contributed by atoms with van der Waals surface area (Å²) in [7, 11) is -1.81. The van der Waals surface area contributed by atoms with E-state index in [2.05, 4.69) is 5.32 Å². The molecule has 0 radical (unpaired) electrons. The Bertz CT molecular complexity index is 649. The van der Waals surface area contributed by atoms with Crippen molar-refractivity contribution in [2.45, 2.75) is 0 Å². The minimum Gasteiger partial charge on any atom is -0.423 e. The molecule has 0 aliphatic rings. The largest absolute Gasteiger partial charge is 0.488 e. The molecular weight excluding hydrogens is 267 g/mol. The van der Waals surface area contributed by atoms with Crippen molar-refractivity contribution < 1.29 is 23.6 Å². The fraction of sp³-hybridized carbons (Fsp3) is 0. The quantitative estimate of drug-likeness (QED) is 0.730. The number of hydrogen-bond donors (Lipinski definition) is 3. The van der Waals surface area contributed by atoms with Gasteiger partial charge in [-0.2, -0.15) is 0 Å². The molecule has 2 aromatic rings. The number of rotatable bonds is 3. The second-order valence-electron chi connectivity index (χ2n) is 4.08. The van der Waals surface area contributed by atoms with Crippen LogP contribution in [0.3, 0.4) is 0 Å². The van der Waals surface area contributed by atoms with Gasteiger partial charge in [-0.1, -0.05) is 12.1 Å². The van der Waals surface area contributed by atoms with Crippen molar-refractivity contribution >= 4 is 24.2 Å². The molecule has 0 saturated heterocycles. The van der Waals surface area contributed by atoms with Crippen LogP contribution < -0.4 is 10.8 Å². The van der Waals surface area contributed by atoms with Crippen LogP contribution in [0.25, 0.3) is 0 Å². The van der Waals surface area contributed by atoms with Crippen LogP contribution in [0.1, 0.15) is 10.4 Å². The molecule has 0 aliphatic heterocycles. The van der Waals surface area contributed by atoms with Gasteiger partial charge in [0, 0.05) is 5.69 Å². The molecule has 0 unspecified atom stereocenters. The van der Waals surface area contributed by atoms with Gasteiger partial charge in [-0.25, -0.2) is 8.78 Å². The van der Waals surface area contributed by atoms with Gasteiger partial charge in [-0.15, -0.1) is 0 Å². The number of carbonyl (C=O) groups is 1. The highest BCUT2D eigenvalue weighted by Gasteiger charge is 2.17. The fourth-order valence-corrected chi connectivity index (χ4v) is 1.64. The SMILES string of the molecule is O=C(Nc1cccc(F)c1)c1cc(B(O)O)ccc1F. The third-order valence-electron chi connectivity index (χ3n) is 2.62. The van der Waals surface area contributed by atoms with E-state index in [1.165, 1.54) is 18.2 Å². The van der Waals surface area contributed by atoms with E-state index in [-0.39, 0.29) is 16.7 Å². The molecule has 102 valence electrons. The van der Waals surface area contributed by atoms with Crippen molar-refractivity contribution in [3.63, 3.8) is 0 Å². The first-order chi connectivity index (χ1) is 9.47. The summed E-state index contributed by atoms with van der Waals surface area (Å²) in [6.07, 6.45) is 0. The van der Waals surface area contributed by atoms with Gasteiger partial charge >= 0.3 is 7.12 Å². The van der Waals surface area contributed by atoms with Crippen molar-refractivity contribution in [3.05, 3.63) is 59.7 Å². The number of hydrogen-bond acceptors (Lipinski definition) is 3. The molecule has 2 aromatic carbocycles. The Labute approximate surface area is 113 Å². The van der Waals surface area contributed by atoms with Gasteiger partial charge in [0.25, 0.3) is 5.91 Å². The van der Waals surface area contributed by atoms with E-state index in [0.29, 0.717) is 0 Å². The van der Waals surface area contributed by atoms with E-state index in [0.717, 1.165) is 24.3 Å². The van der Waals surface area contributed by atoms with Crippen LogP contribution in [-0.2, 0) is 0 Å². The number of amides is 1. The number of nitrogens with one attached hydrogen (secondary N) is 1. The van der Waals surface area contributed by atoms with E-state index in [4.69, 9.17) is 10.0 Å². The van der Waals surface area contributed by atoms with E-state index in [9.17, 15) is 13.6 Å². The lowest BCUT2D eigenvalue weighted by molar-refractivity contribution is 0.102. The van der Waals surface area contributed by atoms with E-state index >= 15 is 0 Å². The van der Waals surface area contributed by atoms with E-state index in [1.54, 1.807) is 0 Å². The third-order valence-corrected chi connectivity index (χ3v) is 2.62. The van der Waals surface area contributed by atoms with E-state index in [1.807, 2.05) is 0 Å². The number of benzene rings is 2. The van der Waals surface area contributed by atoms with Crippen LogP contribution in [0.15, 0.2) is 42.5 Å². The summed E-state index contributed by atoms with van der Waals surface area (Å²) in [5, 5.41) is 20.3. The summed E-state index contributed by atoms with van der Waals surface area (Å²) in [6.45, 7) is 0. The lowest BCUT2D eigenvalue weighted by Gasteiger charge is -2.08. The van der Waals surface area contributed by atoms with Gasteiger partial charge in [0.1, 0.15) is 11.6 Å². The summed E-state index contributed by atoms with van der Waals surface area (Å²) < 4.78 is 26.5. The molecular formula is C13H10BF2NO3. The molecule has 0 heterocycles. The number of anilines is 1. The first-order valence-electron chi connectivity index (χ1n) is 5.70. The molecule has 0 atom stereocenters. The van der Waals surface area contributed by atoms with Crippen molar-refractivity contribution in [1.29, 1.82) is 0 Å². The predicted octanol–water partition coefficient (Wildman–Crippen LogP) is 0.897. The van der Waals surface area contributed by atoms with Crippen molar-refractivity contribution in [2.75, 3.05) is 5.32 Å². The molecule has 0 saturated carbocycles. The van der Waals surface area contributed by atoms with Crippen LogP contribution in [0.5, 0.6) is 0 Å². The number of halogens is 2. The monoisotopic (exact) mass is 277 g/mol. The van der Waals surface area contributed by atoms with Gasteiger partial charge in [0.2, 0.25) is 0 Å². The van der Waals surface area contributed by atoms with Crippen molar-refractivity contribution in [2.24, 2.45) is 0 Å². The Balaban J connectivity index is 2.27. The Hall–Kier alpha value is -2.25. The summed E-state index contributed by atoms with van der Waals surface area (Å²) in [4.78, 5) is 11.9. The minimum absolute atomic E-state index is 0.0178. The second-order valence-corrected chi connectivity index (χ2v) is 4.08. The first-order valence-corrected chi connectivity index (χ1v) is 5.70. The topological polar surface area (TPSA) is 69.6 Å². The molecule has 2 rings (SSSR count). The zero-order valence-corrected chi connectivity index (χ0v) is 10.2. The molecule has 7 heteroatoms. The van der Waals surface area contributed by atoms with Gasteiger partial charge in [0.15, 0.2) is 0 Å². The Morgan fingerprint density at radius 2 is 1.85 bits per heavy atom. The highest BCUT2D eigenvalue weighted by atomic mass is 19.1. The average molecular weight is 277 g/mol. The molecule has 0 aliphatic carbocycles. The van der Waals surface area contributed by atoms with E-state index < -0.39 is 24.7 Å². The average Bonchev–Trinajstić information content (AvgIpc) is 2.38. The maximum absolute atomic E-state index is 13.6. The van der Waals surface area contributed by atoms with Gasteiger partial charge in [0.05, 0.1) is 5.56 Å². The molecule has 3 N–H and O–H groups in total. The molecule has 0 fully saturated rings. The lowest BCUT2D eigenvalue weighted by Crippen LogP contribution is -2.31. The number of carbonyl (C=O) groups excluding carboxylic acids is 1. The summed E-state index contributed by atoms with van der Waals surface area (Å²) in [5.74, 6) is -2.17. The third kappa shape index (κ3) is 3.20. The summed E-state index contributed by atoms with van der Waals surface area (Å²) in [5.41, 5.74) is -0.208. The van der Waals surface area contributed by atoms with Gasteiger partial charge < -0.3 is 15.4 Å². The van der Waals surface area contributed by atoms with Gasteiger partial charge in [-0.05, 0) is 35.8 Å². The Morgan fingerprint density at radius 1 is 1.10 bits per heavy atom. The Kier molecular flexibility index (Phi) is 4.12. The summed E-state index contributed by atoms with van der Waals surface area (Å²) >= 11 is 0. The maximum Gasteiger partial charge on any atom is 0.488 e. The smallest absolute Gasteiger partial charge is 0.423 e. The second kappa shape index (κ2) is 5.81. The molecule has 4 nitrogen and oxygen atoms in total. The van der Waals surface area contributed by atoms with Crippen LogP contribution in [0, 0.1) is 11.6 Å². The molecule has 20 heavy (non-hydrogen) atoms. The fourth-order valence-electron chi connectivity index (χ4n) is 1.64. The molecule has 0 bridgehead atoms. The van der Waals surface area contributed by atoms with Crippen molar-refractivity contribution in [1.82, 2.24) is 0 Å².